The fourth-order valence-corrected chi connectivity index (χ4v) is 6.42. The van der Waals surface area contributed by atoms with Crippen molar-refractivity contribution >= 4 is 5.91 Å². The van der Waals surface area contributed by atoms with Crippen LogP contribution in [0.3, 0.4) is 0 Å². The third-order valence-electron chi connectivity index (χ3n) is 9.98. The number of aliphatic hydroxyl groups excluding tert-OH is 7. The maximum atomic E-state index is 13.0. The first-order chi connectivity index (χ1) is 25.2. The monoisotopic (exact) mass is 744 g/mol. The van der Waals surface area contributed by atoms with E-state index in [1.54, 1.807) is 0 Å². The molecule has 52 heavy (non-hydrogen) atoms. The number of carbonyl (C=O) groups is 1. The van der Waals surface area contributed by atoms with Crippen LogP contribution in [-0.4, -0.2) is 110 Å². The van der Waals surface area contributed by atoms with Crippen LogP contribution in [0.2, 0.25) is 0 Å². The van der Waals surface area contributed by atoms with Crippen molar-refractivity contribution in [2.75, 3.05) is 13.2 Å². The van der Waals surface area contributed by atoms with E-state index in [0.717, 1.165) is 51.4 Å². The largest absolute Gasteiger partial charge is 0.394 e. The fourth-order valence-electron chi connectivity index (χ4n) is 6.42. The van der Waals surface area contributed by atoms with Gasteiger partial charge in [0.25, 0.3) is 0 Å². The molecule has 0 spiro atoms. The highest BCUT2D eigenvalue weighted by Gasteiger charge is 2.44. The minimum Gasteiger partial charge on any atom is -0.394 e. The first-order valence-electron chi connectivity index (χ1n) is 20.7. The van der Waals surface area contributed by atoms with E-state index in [1.807, 2.05) is 0 Å². The molecule has 11 heteroatoms. The molecule has 1 aliphatic heterocycles. The van der Waals surface area contributed by atoms with Gasteiger partial charge in [-0.15, -0.1) is 0 Å². The number of hydrogen-bond donors (Lipinski definition) is 8. The number of ether oxygens (including phenoxy) is 2. The molecule has 0 aromatic carbocycles. The van der Waals surface area contributed by atoms with Crippen LogP contribution in [-0.2, 0) is 14.3 Å². The van der Waals surface area contributed by atoms with Crippen molar-refractivity contribution in [1.29, 1.82) is 0 Å². The lowest BCUT2D eigenvalue weighted by Gasteiger charge is -2.40. The van der Waals surface area contributed by atoms with E-state index in [0.29, 0.717) is 12.8 Å². The van der Waals surface area contributed by atoms with E-state index in [1.165, 1.54) is 70.6 Å². The molecule has 0 aromatic rings. The minimum atomic E-state index is -1.67. The Balaban J connectivity index is 2.54. The standard InChI is InChI=1S/C41H77NO10/c1-3-5-7-9-11-13-14-15-16-17-18-19-21-22-24-26-28-33(44)36(46)32(31-51-41-39(49)38(48)37(47)35(30-43)52-41)42-40(50)34(45)29-27-25-23-20-12-10-8-6-4-2/h10,12,21-22,32-39,41,43-49H,3-9,11,13-20,23-31H2,1-2H3,(H,42,50)/b12-10-,22-21+. The molecule has 0 bridgehead atoms. The molecule has 1 amide bonds. The summed E-state index contributed by atoms with van der Waals surface area (Å²) in [5, 5.41) is 75.2. The van der Waals surface area contributed by atoms with Gasteiger partial charge in [-0.05, 0) is 57.8 Å². The van der Waals surface area contributed by atoms with Gasteiger partial charge < -0.3 is 50.5 Å². The fraction of sp³-hybridized carbons (Fsp3) is 0.878. The van der Waals surface area contributed by atoms with E-state index in [-0.39, 0.29) is 12.8 Å². The molecular formula is C41H77NO10. The number of rotatable bonds is 33. The van der Waals surface area contributed by atoms with Crippen molar-refractivity contribution in [2.24, 2.45) is 0 Å². The van der Waals surface area contributed by atoms with Gasteiger partial charge in [0.15, 0.2) is 6.29 Å². The normalized spacial score (nSPS) is 23.3. The van der Waals surface area contributed by atoms with Crippen molar-refractivity contribution in [1.82, 2.24) is 5.32 Å². The molecule has 306 valence electrons. The van der Waals surface area contributed by atoms with Crippen LogP contribution >= 0.6 is 0 Å². The summed E-state index contributed by atoms with van der Waals surface area (Å²) in [5.41, 5.74) is 0. The Bertz CT molecular complexity index is 903. The van der Waals surface area contributed by atoms with Gasteiger partial charge in [0.1, 0.15) is 36.6 Å². The minimum absolute atomic E-state index is 0.232. The molecule has 11 nitrogen and oxygen atoms in total. The lowest BCUT2D eigenvalue weighted by atomic mass is 9.98. The van der Waals surface area contributed by atoms with Crippen LogP contribution in [0, 0.1) is 0 Å². The SMILES string of the molecule is CCCC/C=C\CCCCCC(O)C(=O)NC(COC1OC(CO)C(O)C(O)C1O)C(O)C(O)CCC/C=C/CCCCCCCCCCCCC. The van der Waals surface area contributed by atoms with Crippen LogP contribution in [0.15, 0.2) is 24.3 Å². The van der Waals surface area contributed by atoms with E-state index in [9.17, 15) is 40.5 Å². The van der Waals surface area contributed by atoms with Gasteiger partial charge in [0.2, 0.25) is 5.91 Å². The number of aliphatic hydroxyl groups is 7. The highest BCUT2D eigenvalue weighted by molar-refractivity contribution is 5.80. The van der Waals surface area contributed by atoms with Crippen LogP contribution < -0.4 is 5.32 Å². The predicted molar refractivity (Wildman–Crippen MR) is 205 cm³/mol. The molecule has 1 heterocycles. The van der Waals surface area contributed by atoms with Gasteiger partial charge in [0, 0.05) is 0 Å². The summed E-state index contributed by atoms with van der Waals surface area (Å²) in [7, 11) is 0. The molecule has 9 atom stereocenters. The summed E-state index contributed by atoms with van der Waals surface area (Å²) in [6.07, 6.45) is 21.1. The summed E-state index contributed by atoms with van der Waals surface area (Å²) >= 11 is 0. The average molecular weight is 744 g/mol. The van der Waals surface area contributed by atoms with Gasteiger partial charge in [-0.25, -0.2) is 0 Å². The maximum Gasteiger partial charge on any atom is 0.249 e. The first kappa shape index (κ1) is 48.6. The highest BCUT2D eigenvalue weighted by atomic mass is 16.7. The molecule has 0 saturated carbocycles. The summed E-state index contributed by atoms with van der Waals surface area (Å²) < 4.78 is 11.0. The zero-order chi connectivity index (χ0) is 38.4. The molecule has 1 rings (SSSR count). The molecule has 1 saturated heterocycles. The van der Waals surface area contributed by atoms with Crippen molar-refractivity contribution in [2.45, 2.75) is 217 Å². The molecular weight excluding hydrogens is 666 g/mol. The zero-order valence-corrected chi connectivity index (χ0v) is 32.5. The van der Waals surface area contributed by atoms with Crippen LogP contribution in [0.25, 0.3) is 0 Å². The second kappa shape index (κ2) is 31.9. The number of carbonyl (C=O) groups excluding carboxylic acids is 1. The first-order valence-corrected chi connectivity index (χ1v) is 20.7. The van der Waals surface area contributed by atoms with Gasteiger partial charge in [-0.3, -0.25) is 4.79 Å². The van der Waals surface area contributed by atoms with Crippen LogP contribution in [0.1, 0.15) is 162 Å². The zero-order valence-electron chi connectivity index (χ0n) is 32.5. The Morgan fingerprint density at radius 2 is 1.15 bits per heavy atom. The van der Waals surface area contributed by atoms with Crippen molar-refractivity contribution in [3.63, 3.8) is 0 Å². The Labute approximate surface area is 314 Å². The second-order valence-electron chi connectivity index (χ2n) is 14.7. The van der Waals surface area contributed by atoms with Gasteiger partial charge >= 0.3 is 0 Å². The number of unbranched alkanes of at least 4 members (excludes halogenated alkanes) is 17. The summed E-state index contributed by atoms with van der Waals surface area (Å²) in [6.45, 7) is 3.33. The second-order valence-corrected chi connectivity index (χ2v) is 14.7. The summed E-state index contributed by atoms with van der Waals surface area (Å²) in [5.74, 6) is -0.724. The van der Waals surface area contributed by atoms with Crippen molar-refractivity contribution < 1.29 is 50.0 Å². The third-order valence-corrected chi connectivity index (χ3v) is 9.98. The number of nitrogens with one attached hydrogen (secondary N) is 1. The Kier molecular flexibility index (Phi) is 29.8. The lowest BCUT2D eigenvalue weighted by Crippen LogP contribution is -2.60. The quantitative estimate of drug-likeness (QED) is 0.0315. The van der Waals surface area contributed by atoms with Crippen molar-refractivity contribution in [3.05, 3.63) is 24.3 Å². The Hall–Kier alpha value is -1.41. The van der Waals surface area contributed by atoms with Gasteiger partial charge in [0.05, 0.1) is 25.4 Å². The van der Waals surface area contributed by atoms with E-state index >= 15 is 0 Å². The topological polar surface area (TPSA) is 189 Å². The van der Waals surface area contributed by atoms with E-state index in [4.69, 9.17) is 9.47 Å². The maximum absolute atomic E-state index is 13.0. The number of hydrogen-bond acceptors (Lipinski definition) is 10. The molecule has 0 aromatic heterocycles. The molecule has 9 unspecified atom stereocenters. The Morgan fingerprint density at radius 1 is 0.654 bits per heavy atom. The van der Waals surface area contributed by atoms with Gasteiger partial charge in [-0.2, -0.15) is 0 Å². The molecule has 0 radical (unpaired) electrons. The predicted octanol–water partition coefficient (Wildman–Crippen LogP) is 5.49. The van der Waals surface area contributed by atoms with E-state index in [2.05, 4.69) is 43.5 Å². The summed E-state index contributed by atoms with van der Waals surface area (Å²) in [4.78, 5) is 13.0. The summed E-state index contributed by atoms with van der Waals surface area (Å²) in [6, 6.07) is -1.19. The smallest absolute Gasteiger partial charge is 0.249 e. The Morgan fingerprint density at radius 3 is 1.71 bits per heavy atom. The molecule has 0 aliphatic carbocycles. The molecule has 8 N–H and O–H groups in total. The molecule has 1 fully saturated rings. The van der Waals surface area contributed by atoms with Gasteiger partial charge in [-0.1, -0.05) is 128 Å². The lowest BCUT2D eigenvalue weighted by molar-refractivity contribution is -0.303. The highest BCUT2D eigenvalue weighted by Crippen LogP contribution is 2.23. The number of allylic oxidation sites excluding steroid dienone is 4. The van der Waals surface area contributed by atoms with Crippen LogP contribution in [0.5, 0.6) is 0 Å². The van der Waals surface area contributed by atoms with E-state index < -0.39 is 74.2 Å². The third kappa shape index (κ3) is 22.1. The van der Waals surface area contributed by atoms with Crippen molar-refractivity contribution in [3.8, 4) is 0 Å². The number of amides is 1. The average Bonchev–Trinajstić information content (AvgIpc) is 3.14. The molecule has 1 aliphatic rings. The van der Waals surface area contributed by atoms with Crippen LogP contribution in [0.4, 0.5) is 0 Å².